The van der Waals surface area contributed by atoms with Crippen LogP contribution < -0.4 is 0 Å². The molecule has 1 aliphatic heterocycles. The zero-order chi connectivity index (χ0) is 18.6. The van der Waals surface area contributed by atoms with Crippen molar-refractivity contribution in [3.8, 4) is 23.0 Å². The SMILES string of the molecule is C.CCC1Cc2c(c3cc(O)c(O)cc3c3cc(O)c(O)cc23)CN1CC. The van der Waals surface area contributed by atoms with E-state index < -0.39 is 0 Å². The van der Waals surface area contributed by atoms with E-state index >= 15 is 0 Å². The Morgan fingerprint density at radius 1 is 0.778 bits per heavy atom. The number of fused-ring (bicyclic) bond motifs is 6. The number of hydrogen-bond donors (Lipinski definition) is 4. The minimum Gasteiger partial charge on any atom is -0.504 e. The maximum absolute atomic E-state index is 10.1. The minimum absolute atomic E-state index is 0. The molecule has 0 radical (unpaired) electrons. The molecular formula is C22H27NO4. The maximum atomic E-state index is 10.1. The predicted octanol–water partition coefficient (Wildman–Crippen LogP) is 4.61. The van der Waals surface area contributed by atoms with E-state index in [2.05, 4.69) is 18.7 Å². The average Bonchev–Trinajstić information content (AvgIpc) is 2.63. The van der Waals surface area contributed by atoms with Crippen LogP contribution in [0.3, 0.4) is 0 Å². The lowest BCUT2D eigenvalue weighted by Crippen LogP contribution is -2.39. The van der Waals surface area contributed by atoms with E-state index in [1.165, 1.54) is 12.1 Å². The van der Waals surface area contributed by atoms with Gasteiger partial charge in [-0.25, -0.2) is 0 Å². The Morgan fingerprint density at radius 3 is 1.67 bits per heavy atom. The molecule has 5 nitrogen and oxygen atoms in total. The molecule has 0 aliphatic carbocycles. The van der Waals surface area contributed by atoms with Gasteiger partial charge < -0.3 is 20.4 Å². The average molecular weight is 369 g/mol. The third kappa shape index (κ3) is 2.82. The van der Waals surface area contributed by atoms with Crippen molar-refractivity contribution in [3.63, 3.8) is 0 Å². The molecule has 1 heterocycles. The highest BCUT2D eigenvalue weighted by Crippen LogP contribution is 2.44. The Balaban J connectivity index is 0.00000210. The smallest absolute Gasteiger partial charge is 0.158 e. The molecule has 4 rings (SSSR count). The second-order valence-electron chi connectivity index (χ2n) is 7.06. The molecule has 0 spiro atoms. The lowest BCUT2D eigenvalue weighted by atomic mass is 9.84. The van der Waals surface area contributed by atoms with Gasteiger partial charge in [-0.3, -0.25) is 4.90 Å². The molecule has 0 fully saturated rings. The summed E-state index contributed by atoms with van der Waals surface area (Å²) < 4.78 is 0. The number of phenolic OH excluding ortho intramolecular Hbond substituents is 4. The van der Waals surface area contributed by atoms with Crippen molar-refractivity contribution in [2.75, 3.05) is 6.54 Å². The summed E-state index contributed by atoms with van der Waals surface area (Å²) in [6.07, 6.45) is 1.87. The summed E-state index contributed by atoms with van der Waals surface area (Å²) in [6.45, 7) is 6.00. The highest BCUT2D eigenvalue weighted by molar-refractivity contribution is 6.12. The van der Waals surface area contributed by atoms with Crippen molar-refractivity contribution in [1.82, 2.24) is 4.90 Å². The molecule has 144 valence electrons. The van der Waals surface area contributed by atoms with E-state index in [9.17, 15) is 20.4 Å². The van der Waals surface area contributed by atoms with E-state index in [1.807, 2.05) is 0 Å². The number of phenols is 4. The van der Waals surface area contributed by atoms with Crippen LogP contribution in [0, 0.1) is 0 Å². The summed E-state index contributed by atoms with van der Waals surface area (Å²) in [7, 11) is 0. The molecule has 1 atom stereocenters. The first kappa shape index (κ1) is 19.1. The van der Waals surface area contributed by atoms with Crippen LogP contribution in [0.4, 0.5) is 0 Å². The lowest BCUT2D eigenvalue weighted by molar-refractivity contribution is 0.178. The first-order valence-electron chi connectivity index (χ1n) is 9.03. The van der Waals surface area contributed by atoms with Crippen LogP contribution in [0.1, 0.15) is 38.8 Å². The van der Waals surface area contributed by atoms with Crippen molar-refractivity contribution in [1.29, 1.82) is 0 Å². The van der Waals surface area contributed by atoms with Gasteiger partial charge in [-0.15, -0.1) is 0 Å². The molecule has 5 heteroatoms. The van der Waals surface area contributed by atoms with Crippen LogP contribution in [0.5, 0.6) is 23.0 Å². The molecule has 0 bridgehead atoms. The Morgan fingerprint density at radius 2 is 1.22 bits per heavy atom. The molecule has 0 saturated heterocycles. The fraction of sp³-hybridized carbons (Fsp3) is 0.364. The van der Waals surface area contributed by atoms with Crippen LogP contribution in [0.2, 0.25) is 0 Å². The molecule has 3 aromatic carbocycles. The minimum atomic E-state index is -0.194. The highest BCUT2D eigenvalue weighted by Gasteiger charge is 2.28. The quantitative estimate of drug-likeness (QED) is 0.392. The second-order valence-corrected chi connectivity index (χ2v) is 7.06. The van der Waals surface area contributed by atoms with Gasteiger partial charge in [0.15, 0.2) is 23.0 Å². The third-order valence-electron chi connectivity index (χ3n) is 5.73. The maximum Gasteiger partial charge on any atom is 0.158 e. The predicted molar refractivity (Wildman–Crippen MR) is 109 cm³/mol. The van der Waals surface area contributed by atoms with E-state index in [1.54, 1.807) is 12.1 Å². The molecule has 4 N–H and O–H groups in total. The van der Waals surface area contributed by atoms with E-state index in [-0.39, 0.29) is 30.4 Å². The number of hydrogen-bond acceptors (Lipinski definition) is 5. The second kappa shape index (κ2) is 6.82. The summed E-state index contributed by atoms with van der Waals surface area (Å²) >= 11 is 0. The molecular weight excluding hydrogens is 342 g/mol. The number of rotatable bonds is 2. The molecule has 27 heavy (non-hydrogen) atoms. The number of nitrogens with zero attached hydrogens (tertiary/aromatic N) is 1. The molecule has 0 aromatic heterocycles. The van der Waals surface area contributed by atoms with Gasteiger partial charge in [0.05, 0.1) is 0 Å². The fourth-order valence-corrected chi connectivity index (χ4v) is 4.31. The first-order chi connectivity index (χ1) is 12.4. The molecule has 3 aromatic rings. The van der Waals surface area contributed by atoms with Crippen LogP contribution in [-0.4, -0.2) is 37.9 Å². The molecule has 0 amide bonds. The number of benzene rings is 3. The van der Waals surface area contributed by atoms with E-state index in [0.717, 1.165) is 58.6 Å². The standard InChI is InChI=1S/C21H23NO4.CH4/c1-3-11-5-12-13-6-18(23)19(24)7-14(13)15-8-20(25)21(26)9-16(15)17(12)10-22(11)4-2;/h6-9,11,23-26H,3-5,10H2,1-2H3;1H4. The summed E-state index contributed by atoms with van der Waals surface area (Å²) in [6, 6.07) is 6.70. The fourth-order valence-electron chi connectivity index (χ4n) is 4.31. The van der Waals surface area contributed by atoms with Crippen molar-refractivity contribution < 1.29 is 20.4 Å². The van der Waals surface area contributed by atoms with Crippen LogP contribution >= 0.6 is 0 Å². The van der Waals surface area contributed by atoms with Crippen molar-refractivity contribution >= 4 is 21.5 Å². The van der Waals surface area contributed by atoms with Crippen molar-refractivity contribution in [2.45, 2.75) is 46.7 Å². The van der Waals surface area contributed by atoms with Crippen LogP contribution in [0.15, 0.2) is 24.3 Å². The topological polar surface area (TPSA) is 84.2 Å². The monoisotopic (exact) mass is 369 g/mol. The van der Waals surface area contributed by atoms with Crippen molar-refractivity contribution in [3.05, 3.63) is 35.4 Å². The van der Waals surface area contributed by atoms with Gasteiger partial charge in [0.1, 0.15) is 0 Å². The number of aromatic hydroxyl groups is 4. The largest absolute Gasteiger partial charge is 0.504 e. The summed E-state index contributed by atoms with van der Waals surface area (Å²) in [4.78, 5) is 2.41. The van der Waals surface area contributed by atoms with Gasteiger partial charge in [0, 0.05) is 12.6 Å². The van der Waals surface area contributed by atoms with E-state index in [0.29, 0.717) is 6.04 Å². The number of likely N-dealkylation sites (N-methyl/N-ethyl adjacent to an activating group) is 1. The normalized spacial score (nSPS) is 17.0. The molecule has 0 saturated carbocycles. The van der Waals surface area contributed by atoms with Gasteiger partial charge in [-0.05, 0) is 76.3 Å². The van der Waals surface area contributed by atoms with Crippen LogP contribution in [0.25, 0.3) is 21.5 Å². The summed E-state index contributed by atoms with van der Waals surface area (Å²) in [5, 5.41) is 43.4. The highest BCUT2D eigenvalue weighted by atomic mass is 16.3. The first-order valence-corrected chi connectivity index (χ1v) is 9.03. The van der Waals surface area contributed by atoms with Gasteiger partial charge in [-0.1, -0.05) is 21.3 Å². The molecule has 1 aliphatic rings. The van der Waals surface area contributed by atoms with E-state index in [4.69, 9.17) is 0 Å². The van der Waals surface area contributed by atoms with Gasteiger partial charge in [-0.2, -0.15) is 0 Å². The Hall–Kier alpha value is -2.66. The zero-order valence-corrected chi connectivity index (χ0v) is 15.0. The third-order valence-corrected chi connectivity index (χ3v) is 5.73. The summed E-state index contributed by atoms with van der Waals surface area (Å²) in [5.74, 6) is -0.680. The van der Waals surface area contributed by atoms with Gasteiger partial charge in [0.25, 0.3) is 0 Å². The molecule has 1 unspecified atom stereocenters. The Bertz CT molecular complexity index is 946. The zero-order valence-electron chi connectivity index (χ0n) is 15.0. The Labute approximate surface area is 159 Å². The Kier molecular flexibility index (Phi) is 4.82. The van der Waals surface area contributed by atoms with Crippen molar-refractivity contribution in [2.24, 2.45) is 0 Å². The summed E-state index contributed by atoms with van der Waals surface area (Å²) in [5.41, 5.74) is 2.25. The van der Waals surface area contributed by atoms with Gasteiger partial charge in [0.2, 0.25) is 0 Å². The van der Waals surface area contributed by atoms with Crippen LogP contribution in [-0.2, 0) is 13.0 Å². The lowest BCUT2D eigenvalue weighted by Gasteiger charge is -2.37. The van der Waals surface area contributed by atoms with Gasteiger partial charge >= 0.3 is 0 Å².